The first kappa shape index (κ1) is 21.4. The van der Waals surface area contributed by atoms with Crippen LogP contribution in [0.1, 0.15) is 0 Å². The van der Waals surface area contributed by atoms with Crippen LogP contribution in [0, 0.1) is 0 Å². The molecule has 0 N–H and O–H groups in total. The Balaban J connectivity index is 1.45. The van der Waals surface area contributed by atoms with Crippen LogP contribution in [0.25, 0.3) is 69.9 Å². The summed E-state index contributed by atoms with van der Waals surface area (Å²) < 4.78 is 5.13. The van der Waals surface area contributed by atoms with Crippen molar-refractivity contribution in [3.63, 3.8) is 0 Å². The van der Waals surface area contributed by atoms with Crippen molar-refractivity contribution in [3.8, 4) is 27.9 Å². The van der Waals surface area contributed by atoms with Gasteiger partial charge in [0, 0.05) is 36.6 Å². The maximum Gasteiger partial charge on any atom is 0.0634 e. The van der Waals surface area contributed by atoms with Crippen LogP contribution in [0.2, 0.25) is 0 Å². The van der Waals surface area contributed by atoms with Crippen molar-refractivity contribution in [3.05, 3.63) is 140 Å². The van der Waals surface area contributed by atoms with Crippen molar-refractivity contribution in [1.29, 1.82) is 0 Å². The zero-order valence-corrected chi connectivity index (χ0v) is 21.5. The third-order valence-corrected chi connectivity index (χ3v) is 8.82. The van der Waals surface area contributed by atoms with Gasteiger partial charge in [-0.3, -0.25) is 0 Å². The molecule has 0 fully saturated rings. The van der Waals surface area contributed by atoms with Gasteiger partial charge in [0.2, 0.25) is 0 Å². The van der Waals surface area contributed by atoms with E-state index in [2.05, 4.69) is 144 Å². The van der Waals surface area contributed by atoms with Gasteiger partial charge in [0.1, 0.15) is 0 Å². The molecular weight excluding hydrogens is 478 g/mol. The quantitative estimate of drug-likeness (QED) is 0.227. The third-order valence-electron chi connectivity index (χ3n) is 7.61. The number of fused-ring (bicyclic) bond motifs is 7. The predicted octanol–water partition coefficient (Wildman–Crippen LogP) is 10.5. The second-order valence-electron chi connectivity index (χ2n) is 9.75. The molecule has 6 aromatic carbocycles. The minimum Gasteiger partial charge on any atom is -0.309 e. The molecule has 0 aliphatic heterocycles. The molecule has 0 aliphatic rings. The molecule has 0 atom stereocenters. The van der Waals surface area contributed by atoms with Crippen LogP contribution >= 0.6 is 11.3 Å². The zero-order valence-electron chi connectivity index (χ0n) is 20.6. The maximum atomic E-state index is 2.46. The predicted molar refractivity (Wildman–Crippen MR) is 165 cm³/mol. The van der Waals surface area contributed by atoms with Gasteiger partial charge < -0.3 is 4.57 Å². The summed E-state index contributed by atoms with van der Waals surface area (Å²) in [6, 6.07) is 50.5. The Kier molecular flexibility index (Phi) is 4.76. The lowest BCUT2D eigenvalue weighted by Gasteiger charge is -2.10. The SMILES string of the molecule is c1ccc(-c2ccc(-n3c4ccccc4c4ccc5sc6c(-c7ccccc7)cccc6c5c43)cc2)cc1. The number of rotatable bonds is 3. The highest BCUT2D eigenvalue weighted by Gasteiger charge is 2.19. The van der Waals surface area contributed by atoms with E-state index in [1.807, 2.05) is 11.3 Å². The van der Waals surface area contributed by atoms with Gasteiger partial charge >= 0.3 is 0 Å². The van der Waals surface area contributed by atoms with Crippen molar-refractivity contribution in [2.24, 2.45) is 0 Å². The average molecular weight is 502 g/mol. The van der Waals surface area contributed by atoms with Crippen LogP contribution in [-0.2, 0) is 0 Å². The van der Waals surface area contributed by atoms with Gasteiger partial charge in [0.05, 0.1) is 11.0 Å². The molecule has 0 unspecified atom stereocenters. The fourth-order valence-corrected chi connectivity index (χ4v) is 7.13. The minimum atomic E-state index is 1.18. The van der Waals surface area contributed by atoms with Gasteiger partial charge in [0.15, 0.2) is 0 Å². The van der Waals surface area contributed by atoms with Crippen LogP contribution in [0.3, 0.4) is 0 Å². The molecule has 2 heteroatoms. The summed E-state index contributed by atoms with van der Waals surface area (Å²) in [6.07, 6.45) is 0. The van der Waals surface area contributed by atoms with Gasteiger partial charge in [-0.15, -0.1) is 11.3 Å². The van der Waals surface area contributed by atoms with Gasteiger partial charge in [-0.1, -0.05) is 115 Å². The lowest BCUT2D eigenvalue weighted by atomic mass is 10.0. The minimum absolute atomic E-state index is 1.18. The summed E-state index contributed by atoms with van der Waals surface area (Å²) in [5.41, 5.74) is 8.73. The molecule has 0 aliphatic carbocycles. The highest BCUT2D eigenvalue weighted by molar-refractivity contribution is 7.26. The van der Waals surface area contributed by atoms with Crippen molar-refractivity contribution < 1.29 is 0 Å². The molecule has 0 amide bonds. The van der Waals surface area contributed by atoms with Gasteiger partial charge in [0.25, 0.3) is 0 Å². The maximum absolute atomic E-state index is 2.46. The Bertz CT molecular complexity index is 2100. The summed E-state index contributed by atoms with van der Waals surface area (Å²) in [7, 11) is 0. The Labute approximate surface area is 224 Å². The molecule has 0 spiro atoms. The van der Waals surface area contributed by atoms with Crippen LogP contribution in [0.5, 0.6) is 0 Å². The Morgan fingerprint density at radius 3 is 1.89 bits per heavy atom. The summed E-state index contributed by atoms with van der Waals surface area (Å²) in [6.45, 7) is 0. The second-order valence-corrected chi connectivity index (χ2v) is 10.8. The van der Waals surface area contributed by atoms with E-state index in [9.17, 15) is 0 Å². The second kappa shape index (κ2) is 8.44. The standard InChI is InChI=1S/C36H23NS/c1-3-10-24(11-4-1)25-18-20-27(21-19-25)37-32-17-8-7-14-29(32)30-22-23-33-34(35(30)37)31-16-9-15-28(36(31)38-33)26-12-5-2-6-13-26/h1-23H. The molecule has 2 aromatic heterocycles. The van der Waals surface area contributed by atoms with Crippen molar-refractivity contribution in [2.75, 3.05) is 0 Å². The van der Waals surface area contributed by atoms with E-state index in [-0.39, 0.29) is 0 Å². The first-order valence-electron chi connectivity index (χ1n) is 13.0. The van der Waals surface area contributed by atoms with Crippen molar-refractivity contribution in [2.45, 2.75) is 0 Å². The number of benzene rings is 6. The number of hydrogen-bond donors (Lipinski definition) is 0. The first-order valence-corrected chi connectivity index (χ1v) is 13.8. The molecule has 178 valence electrons. The normalized spacial score (nSPS) is 11.7. The lowest BCUT2D eigenvalue weighted by molar-refractivity contribution is 1.19. The topological polar surface area (TPSA) is 4.93 Å². The zero-order chi connectivity index (χ0) is 25.1. The molecule has 38 heavy (non-hydrogen) atoms. The van der Waals surface area contributed by atoms with Crippen LogP contribution in [0.4, 0.5) is 0 Å². The van der Waals surface area contributed by atoms with Crippen molar-refractivity contribution >= 4 is 53.3 Å². The van der Waals surface area contributed by atoms with E-state index in [1.54, 1.807) is 0 Å². The highest BCUT2D eigenvalue weighted by Crippen LogP contribution is 2.45. The van der Waals surface area contributed by atoms with E-state index < -0.39 is 0 Å². The molecule has 8 rings (SSSR count). The number of thiophene rings is 1. The van der Waals surface area contributed by atoms with Gasteiger partial charge in [-0.2, -0.15) is 0 Å². The molecule has 0 saturated carbocycles. The third kappa shape index (κ3) is 3.17. The molecule has 1 nitrogen and oxygen atoms in total. The average Bonchev–Trinajstić information content (AvgIpc) is 3.54. The first-order chi connectivity index (χ1) is 18.9. The van der Waals surface area contributed by atoms with Crippen molar-refractivity contribution in [1.82, 2.24) is 4.57 Å². The molecule has 0 saturated heterocycles. The molecule has 2 heterocycles. The van der Waals surface area contributed by atoms with Gasteiger partial charge in [-0.05, 0) is 46.5 Å². The van der Waals surface area contributed by atoms with E-state index in [1.165, 1.54) is 69.9 Å². The summed E-state index contributed by atoms with van der Waals surface area (Å²) in [5, 5.41) is 5.24. The van der Waals surface area contributed by atoms with Crippen LogP contribution in [-0.4, -0.2) is 4.57 Å². The number of hydrogen-bond acceptors (Lipinski definition) is 1. The number of aromatic nitrogens is 1. The molecule has 8 aromatic rings. The van der Waals surface area contributed by atoms with E-state index in [0.29, 0.717) is 0 Å². The fourth-order valence-electron chi connectivity index (χ4n) is 5.88. The Hall–Kier alpha value is -4.66. The lowest BCUT2D eigenvalue weighted by Crippen LogP contribution is -1.94. The largest absolute Gasteiger partial charge is 0.309 e. The molecular formula is C36H23NS. The Morgan fingerprint density at radius 2 is 1.11 bits per heavy atom. The number of nitrogens with zero attached hydrogens (tertiary/aromatic N) is 1. The Morgan fingerprint density at radius 1 is 0.447 bits per heavy atom. The summed E-state index contributed by atoms with van der Waals surface area (Å²) in [5.74, 6) is 0. The number of para-hydroxylation sites is 1. The molecule has 0 bridgehead atoms. The highest BCUT2D eigenvalue weighted by atomic mass is 32.1. The van der Waals surface area contributed by atoms with E-state index in [0.717, 1.165) is 0 Å². The van der Waals surface area contributed by atoms with Crippen LogP contribution in [0.15, 0.2) is 140 Å². The van der Waals surface area contributed by atoms with Crippen LogP contribution < -0.4 is 0 Å². The molecule has 0 radical (unpaired) electrons. The van der Waals surface area contributed by atoms with E-state index in [4.69, 9.17) is 0 Å². The summed E-state index contributed by atoms with van der Waals surface area (Å²) >= 11 is 1.90. The fraction of sp³-hybridized carbons (Fsp3) is 0. The smallest absolute Gasteiger partial charge is 0.0634 e. The monoisotopic (exact) mass is 501 g/mol. The van der Waals surface area contributed by atoms with Gasteiger partial charge in [-0.25, -0.2) is 0 Å². The van der Waals surface area contributed by atoms with E-state index >= 15 is 0 Å². The summed E-state index contributed by atoms with van der Waals surface area (Å²) in [4.78, 5) is 0.